The number of hydrogen-bond donors (Lipinski definition) is 2. The van der Waals surface area contributed by atoms with Gasteiger partial charge in [-0.05, 0) is 77.3 Å². The Labute approximate surface area is 196 Å². The highest BCUT2D eigenvalue weighted by Gasteiger charge is 2.23. The number of carboxylic acids is 1. The van der Waals surface area contributed by atoms with Crippen LogP contribution in [0.4, 0.5) is 5.69 Å². The van der Waals surface area contributed by atoms with Crippen molar-refractivity contribution < 1.29 is 19.4 Å². The van der Waals surface area contributed by atoms with Crippen molar-refractivity contribution in [3.8, 4) is 5.75 Å². The number of nitrogens with zero attached hydrogens (tertiary/aromatic N) is 1. The minimum atomic E-state index is -0.953. The second kappa shape index (κ2) is 10.2. The lowest BCUT2D eigenvalue weighted by Gasteiger charge is -2.07. The second-order valence-corrected chi connectivity index (χ2v) is 8.39. The average molecular weight is 459 g/mol. The molecule has 7 heteroatoms. The van der Waals surface area contributed by atoms with Gasteiger partial charge in [0.2, 0.25) is 0 Å². The number of aliphatic imine (C=N–C) groups is 1. The lowest BCUT2D eigenvalue weighted by Crippen LogP contribution is -2.19. The number of amides is 1. The fourth-order valence-electron chi connectivity index (χ4n) is 3.13. The van der Waals surface area contributed by atoms with Gasteiger partial charge in [0.05, 0.1) is 16.2 Å². The first-order valence-electron chi connectivity index (χ1n) is 10.4. The Morgan fingerprint density at radius 2 is 1.67 bits per heavy atom. The summed E-state index contributed by atoms with van der Waals surface area (Å²) in [5.74, 6) is -0.444. The van der Waals surface area contributed by atoms with Crippen molar-refractivity contribution >= 4 is 40.6 Å². The van der Waals surface area contributed by atoms with E-state index in [0.717, 1.165) is 23.2 Å². The molecule has 0 aromatic heterocycles. The van der Waals surface area contributed by atoms with Crippen molar-refractivity contribution in [3.05, 3.63) is 100.0 Å². The zero-order chi connectivity index (χ0) is 23.2. The van der Waals surface area contributed by atoms with Crippen molar-refractivity contribution in [2.75, 3.05) is 0 Å². The third-order valence-corrected chi connectivity index (χ3v) is 5.92. The minimum Gasteiger partial charge on any atom is -0.489 e. The first kappa shape index (κ1) is 22.4. The fourth-order valence-corrected chi connectivity index (χ4v) is 3.97. The maximum atomic E-state index is 12.3. The smallest absolute Gasteiger partial charge is 0.335 e. The molecule has 0 aliphatic carbocycles. The summed E-state index contributed by atoms with van der Waals surface area (Å²) >= 11 is 1.31. The molecule has 0 atom stereocenters. The number of carbonyl (C=O) groups is 2. The number of aromatic carboxylic acids is 1. The molecule has 166 valence electrons. The van der Waals surface area contributed by atoms with Crippen LogP contribution in [0.1, 0.15) is 34.0 Å². The van der Waals surface area contributed by atoms with E-state index in [1.54, 1.807) is 24.3 Å². The Balaban J connectivity index is 1.37. The number of aryl methyl sites for hydroxylation is 1. The predicted octanol–water partition coefficient (Wildman–Crippen LogP) is 5.42. The van der Waals surface area contributed by atoms with Crippen LogP contribution >= 0.6 is 11.8 Å². The minimum absolute atomic E-state index is 0.172. The van der Waals surface area contributed by atoms with Gasteiger partial charge in [0, 0.05) is 0 Å². The van der Waals surface area contributed by atoms with E-state index in [0.29, 0.717) is 22.4 Å². The quantitative estimate of drug-likeness (QED) is 0.462. The summed E-state index contributed by atoms with van der Waals surface area (Å²) < 4.78 is 5.77. The molecular formula is C26H22N2O4S. The van der Waals surface area contributed by atoms with Gasteiger partial charge in [0.1, 0.15) is 12.4 Å². The summed E-state index contributed by atoms with van der Waals surface area (Å²) in [6, 6.07) is 21.9. The van der Waals surface area contributed by atoms with Crippen molar-refractivity contribution in [1.82, 2.24) is 5.32 Å². The molecule has 1 heterocycles. The Morgan fingerprint density at radius 1 is 1.00 bits per heavy atom. The Hall–Kier alpha value is -3.84. The predicted molar refractivity (Wildman–Crippen MR) is 131 cm³/mol. The van der Waals surface area contributed by atoms with E-state index in [9.17, 15) is 9.59 Å². The highest BCUT2D eigenvalue weighted by molar-refractivity contribution is 8.18. The number of amidine groups is 1. The van der Waals surface area contributed by atoms with Gasteiger partial charge in [0.15, 0.2) is 5.17 Å². The lowest BCUT2D eigenvalue weighted by atomic mass is 10.1. The van der Waals surface area contributed by atoms with Crippen LogP contribution in [0.3, 0.4) is 0 Å². The van der Waals surface area contributed by atoms with E-state index in [-0.39, 0.29) is 11.5 Å². The molecule has 0 spiro atoms. The monoisotopic (exact) mass is 458 g/mol. The first-order valence-corrected chi connectivity index (χ1v) is 11.3. The molecule has 1 saturated heterocycles. The number of benzene rings is 3. The van der Waals surface area contributed by atoms with Crippen molar-refractivity contribution in [2.45, 2.75) is 20.0 Å². The third kappa shape index (κ3) is 5.90. The summed E-state index contributed by atoms with van der Waals surface area (Å²) in [6.07, 6.45) is 2.79. The van der Waals surface area contributed by atoms with E-state index in [1.165, 1.54) is 17.3 Å². The van der Waals surface area contributed by atoms with Crippen molar-refractivity contribution in [3.63, 3.8) is 0 Å². The maximum absolute atomic E-state index is 12.3. The Bertz CT molecular complexity index is 1210. The highest BCUT2D eigenvalue weighted by Crippen LogP contribution is 2.28. The van der Waals surface area contributed by atoms with Gasteiger partial charge in [0.25, 0.3) is 5.91 Å². The average Bonchev–Trinajstić information content (AvgIpc) is 3.17. The van der Waals surface area contributed by atoms with Gasteiger partial charge in [-0.3, -0.25) is 4.79 Å². The van der Waals surface area contributed by atoms with Crippen LogP contribution in [-0.4, -0.2) is 22.2 Å². The van der Waals surface area contributed by atoms with Gasteiger partial charge >= 0.3 is 5.97 Å². The standard InChI is InChI=1S/C26H22N2O4S/c1-2-17-5-11-21(12-6-17)27-26-28-24(29)23(33-26)15-18-7-13-22(14-8-18)32-16-19-3-9-20(10-4-19)25(30)31/h3-15H,2,16H2,1H3,(H,30,31)(H,27,28,29)/b23-15-. The molecule has 0 saturated carbocycles. The molecule has 1 aliphatic heterocycles. The number of nitrogens with one attached hydrogen (secondary N) is 1. The molecule has 6 nitrogen and oxygen atoms in total. The molecular weight excluding hydrogens is 436 g/mol. The Morgan fingerprint density at radius 3 is 2.30 bits per heavy atom. The number of thioether (sulfide) groups is 1. The van der Waals surface area contributed by atoms with Crippen LogP contribution in [0, 0.1) is 0 Å². The van der Waals surface area contributed by atoms with E-state index in [1.807, 2.05) is 54.6 Å². The molecule has 0 bridgehead atoms. The molecule has 1 amide bonds. The molecule has 3 aromatic rings. The molecule has 0 unspecified atom stereocenters. The topological polar surface area (TPSA) is 88.0 Å². The number of carboxylic acid groups (broad SMARTS) is 1. The largest absolute Gasteiger partial charge is 0.489 e. The summed E-state index contributed by atoms with van der Waals surface area (Å²) in [7, 11) is 0. The Kier molecular flexibility index (Phi) is 6.90. The van der Waals surface area contributed by atoms with Gasteiger partial charge < -0.3 is 15.2 Å². The van der Waals surface area contributed by atoms with Crippen LogP contribution in [-0.2, 0) is 17.8 Å². The fraction of sp³-hybridized carbons (Fsp3) is 0.115. The second-order valence-electron chi connectivity index (χ2n) is 7.36. The van der Waals surface area contributed by atoms with E-state index >= 15 is 0 Å². The molecule has 33 heavy (non-hydrogen) atoms. The molecule has 4 rings (SSSR count). The van der Waals surface area contributed by atoms with Crippen LogP contribution in [0.15, 0.2) is 82.7 Å². The zero-order valence-electron chi connectivity index (χ0n) is 17.9. The molecule has 0 radical (unpaired) electrons. The first-order chi connectivity index (χ1) is 16.0. The molecule has 3 aromatic carbocycles. The summed E-state index contributed by atoms with van der Waals surface area (Å²) in [5.41, 5.74) is 4.04. The van der Waals surface area contributed by atoms with Gasteiger partial charge in [-0.1, -0.05) is 43.3 Å². The van der Waals surface area contributed by atoms with E-state index < -0.39 is 5.97 Å². The van der Waals surface area contributed by atoms with Crippen LogP contribution in [0.5, 0.6) is 5.75 Å². The summed E-state index contributed by atoms with van der Waals surface area (Å²) in [4.78, 5) is 28.3. The maximum Gasteiger partial charge on any atom is 0.335 e. The van der Waals surface area contributed by atoms with E-state index in [2.05, 4.69) is 17.2 Å². The normalized spacial score (nSPS) is 15.6. The molecule has 1 fully saturated rings. The van der Waals surface area contributed by atoms with Crippen LogP contribution in [0.25, 0.3) is 6.08 Å². The van der Waals surface area contributed by atoms with Crippen molar-refractivity contribution in [1.29, 1.82) is 0 Å². The van der Waals surface area contributed by atoms with Gasteiger partial charge in [-0.15, -0.1) is 0 Å². The summed E-state index contributed by atoms with van der Waals surface area (Å²) in [5, 5.41) is 12.3. The summed E-state index contributed by atoms with van der Waals surface area (Å²) in [6.45, 7) is 2.43. The number of hydrogen-bond acceptors (Lipinski definition) is 5. The molecule has 2 N–H and O–H groups in total. The third-order valence-electron chi connectivity index (χ3n) is 5.01. The van der Waals surface area contributed by atoms with Crippen LogP contribution < -0.4 is 10.1 Å². The van der Waals surface area contributed by atoms with Gasteiger partial charge in [-0.2, -0.15) is 0 Å². The number of rotatable bonds is 7. The lowest BCUT2D eigenvalue weighted by molar-refractivity contribution is -0.115. The zero-order valence-corrected chi connectivity index (χ0v) is 18.8. The van der Waals surface area contributed by atoms with Gasteiger partial charge in [-0.25, -0.2) is 9.79 Å². The van der Waals surface area contributed by atoms with Crippen LogP contribution in [0.2, 0.25) is 0 Å². The number of carbonyl (C=O) groups excluding carboxylic acids is 1. The highest BCUT2D eigenvalue weighted by atomic mass is 32.2. The molecule has 1 aliphatic rings. The number of ether oxygens (including phenoxy) is 1. The van der Waals surface area contributed by atoms with E-state index in [4.69, 9.17) is 9.84 Å². The SMILES string of the molecule is CCc1ccc(N=C2NC(=O)/C(=C/c3ccc(OCc4ccc(C(=O)O)cc4)cc3)S2)cc1. The van der Waals surface area contributed by atoms with Crippen molar-refractivity contribution in [2.24, 2.45) is 4.99 Å².